The van der Waals surface area contributed by atoms with Crippen molar-refractivity contribution in [2.24, 2.45) is 0 Å². The van der Waals surface area contributed by atoms with Gasteiger partial charge in [0, 0.05) is 84.1 Å². The number of carboxylic acids is 2. The fourth-order valence-corrected chi connectivity index (χ4v) is 40.5. The molecule has 0 radical (unpaired) electrons. The van der Waals surface area contributed by atoms with Gasteiger partial charge in [-0.05, 0) is 101 Å². The Bertz CT molecular complexity index is 7360. The van der Waals surface area contributed by atoms with E-state index >= 15 is 0 Å². The number of carboxylic acid groups (broad SMARTS) is 2. The molecule has 0 saturated carbocycles. The predicted octanol–water partition coefficient (Wildman–Crippen LogP) is 38.1. The average Bonchev–Trinajstić information content (AvgIpc) is 1.55. The van der Waals surface area contributed by atoms with E-state index in [9.17, 15) is 39.0 Å². The Morgan fingerprint density at radius 3 is 1.03 bits per heavy atom. The first-order valence-electron chi connectivity index (χ1n) is 37.3. The summed E-state index contributed by atoms with van der Waals surface area (Å²) in [6.07, 6.45) is 1.54. The molecular formula is C88H57Br2Cl10O14S16Sn-. The number of thioether (sulfide) groups is 2. The van der Waals surface area contributed by atoms with Crippen LogP contribution in [0.2, 0.25) is 65.0 Å². The third-order valence-corrected chi connectivity index (χ3v) is 51.7. The van der Waals surface area contributed by atoms with E-state index < -0.39 is 30.3 Å². The topological polar surface area (TPSA) is 232 Å². The van der Waals surface area contributed by atoms with Gasteiger partial charge in [-0.2, -0.15) is 0 Å². The summed E-state index contributed by atoms with van der Waals surface area (Å²) in [5, 5.41) is 53.0. The molecule has 1 aliphatic carbocycles. The van der Waals surface area contributed by atoms with Gasteiger partial charge in [-0.15, -0.1) is 113 Å². The second-order valence-electron chi connectivity index (χ2n) is 28.8. The number of phenolic OH excluding ortho intramolecular Hbond substituents is 1. The van der Waals surface area contributed by atoms with Crippen LogP contribution in [0.3, 0.4) is 0 Å². The van der Waals surface area contributed by atoms with Gasteiger partial charge in [0.1, 0.15) is 5.75 Å². The maximum atomic E-state index is 12.1. The van der Waals surface area contributed by atoms with Gasteiger partial charge >= 0.3 is 238 Å². The Balaban J connectivity index is 0.000000130. The zero-order chi connectivity index (χ0) is 93.2. The van der Waals surface area contributed by atoms with Gasteiger partial charge in [-0.1, -0.05) is 111 Å². The van der Waals surface area contributed by atoms with E-state index in [0.29, 0.717) is 109 Å². The van der Waals surface area contributed by atoms with E-state index in [1.165, 1.54) is 118 Å². The van der Waals surface area contributed by atoms with Crippen LogP contribution in [-0.4, -0.2) is 86.8 Å². The number of carbonyl (C=O) groups excluding carboxylic acids is 4. The summed E-state index contributed by atoms with van der Waals surface area (Å²) in [6.45, 7) is 12.3. The molecule has 0 spiro atoms. The Kier molecular flexibility index (Phi) is 34.0. The molecule has 14 nitrogen and oxygen atoms in total. The maximum Gasteiger partial charge on any atom is 0.337 e. The monoisotopic (exact) mass is 2480 g/mol. The van der Waals surface area contributed by atoms with Crippen molar-refractivity contribution in [2.45, 2.75) is 56.4 Å². The van der Waals surface area contributed by atoms with Crippen LogP contribution in [0.15, 0.2) is 113 Å². The third kappa shape index (κ3) is 21.1. The van der Waals surface area contributed by atoms with Gasteiger partial charge in [-0.3, -0.25) is 19.2 Å². The molecule has 0 atom stereocenters. The Hall–Kier alpha value is -4.08. The van der Waals surface area contributed by atoms with Crippen LogP contribution in [0.5, 0.6) is 49.0 Å². The first kappa shape index (κ1) is 103. The summed E-state index contributed by atoms with van der Waals surface area (Å²) in [6, 6.07) is 23.3. The van der Waals surface area contributed by atoms with Crippen molar-refractivity contribution >= 4 is 468 Å². The Morgan fingerprint density at radius 2 is 0.718 bits per heavy atom. The summed E-state index contributed by atoms with van der Waals surface area (Å²) in [7, 11) is 0. The van der Waals surface area contributed by atoms with Crippen molar-refractivity contribution < 1.29 is 68.5 Å². The summed E-state index contributed by atoms with van der Waals surface area (Å²) >= 11 is 92.2. The van der Waals surface area contributed by atoms with Crippen LogP contribution in [0.25, 0.3) is 80.7 Å². The number of thiophene rings is 14. The molecule has 0 amide bonds. The van der Waals surface area contributed by atoms with Crippen molar-refractivity contribution in [3.63, 3.8) is 0 Å². The molecule has 15 heterocycles. The van der Waals surface area contributed by atoms with Gasteiger partial charge in [0.05, 0.1) is 109 Å². The van der Waals surface area contributed by atoms with E-state index in [2.05, 4.69) is 91.6 Å². The molecule has 21 rings (SSSR count). The molecule has 1 saturated heterocycles. The summed E-state index contributed by atoms with van der Waals surface area (Å²) in [5.74, 6) is 3.24. The molecule has 5 N–H and O–H groups in total. The normalized spacial score (nSPS) is 12.2. The van der Waals surface area contributed by atoms with Gasteiger partial charge < -0.3 is 53.8 Å². The van der Waals surface area contributed by atoms with Crippen molar-refractivity contribution in [1.82, 2.24) is 0 Å². The number of carbonyl (C=O) groups is 6. The molecule has 19 aromatic rings. The molecule has 131 heavy (non-hydrogen) atoms. The number of halogens is 12. The molecule has 0 unspecified atom stereocenters. The van der Waals surface area contributed by atoms with Crippen molar-refractivity contribution in [3.05, 3.63) is 241 Å². The number of hydrogen-bond acceptors (Lipinski definition) is 27. The summed E-state index contributed by atoms with van der Waals surface area (Å²) in [5.41, 5.74) is 2.84. The number of benzene rings is 5. The van der Waals surface area contributed by atoms with E-state index in [1.807, 2.05) is 85.9 Å². The average molecular weight is 2480 g/mol. The van der Waals surface area contributed by atoms with Crippen LogP contribution >= 0.6 is 330 Å². The van der Waals surface area contributed by atoms with E-state index in [4.69, 9.17) is 140 Å². The molecule has 14 aromatic heterocycles. The number of aryl methyl sites for hydroxylation is 6. The molecule has 1 aliphatic heterocycles. The number of hydrogen-bond donors (Lipinski definition) is 3. The van der Waals surface area contributed by atoms with E-state index in [0.717, 1.165) is 130 Å². The van der Waals surface area contributed by atoms with Crippen molar-refractivity contribution in [1.29, 1.82) is 0 Å². The molecule has 5 aromatic carbocycles. The van der Waals surface area contributed by atoms with Crippen LogP contribution in [0.4, 0.5) is 0 Å². The summed E-state index contributed by atoms with van der Waals surface area (Å²) < 4.78 is 34.8. The largest absolute Gasteiger partial charge is 0.478 e. The van der Waals surface area contributed by atoms with Crippen LogP contribution < -0.4 is 21.8 Å². The predicted molar refractivity (Wildman–Crippen MR) is 584 cm³/mol. The first-order chi connectivity index (χ1) is 61.9. The second-order valence-corrected chi connectivity index (χ2v) is 67.5. The van der Waals surface area contributed by atoms with Gasteiger partial charge in [-0.25, -0.2) is 14.7 Å². The third-order valence-electron chi connectivity index (χ3n) is 19.0. The maximum absolute atomic E-state index is 12.1. The molecule has 2 aliphatic rings. The number of ketones is 2. The number of rotatable bonds is 13. The van der Waals surface area contributed by atoms with Gasteiger partial charge in [0.15, 0.2) is 34.2 Å². The summed E-state index contributed by atoms with van der Waals surface area (Å²) in [4.78, 5) is 83.6. The Labute approximate surface area is 882 Å². The van der Waals surface area contributed by atoms with Crippen molar-refractivity contribution in [2.75, 3.05) is 11.5 Å². The fraction of sp³-hybridized carbons (Fsp3) is 0.125. The SMILES string of the molecule is Cc1ccc(O)cc1.Cc1ccc(Oc2c3s[c]([Sn]([CH3])([CH3])[CH3])c(Cl)c3c(Oc3ccc(C)s3)c3sc(C)c(Cl)c23)s1.Cc1ccc(Oc2c3sc(Br)c(Cl)c3c(Oc3ccc(C)s3)c3sc(Br)c(Cl)c23)s1.O.O=C(O)c1c2scc(Cl)c2c(C(=O)O)c2scc(Cl)c12.O=C1c2scc(Cl)c2C(=O)c2scc(Cl)c21.O=Cc1c2scc(Cl)c2c(C=O)c2scc(Cl)c12.[CH-]1SCCS1. The zero-order valence-electron chi connectivity index (χ0n) is 68.0. The molecule has 0 bridgehead atoms. The fourth-order valence-electron chi connectivity index (χ4n) is 13.4. The van der Waals surface area contributed by atoms with E-state index in [1.54, 1.807) is 102 Å². The number of aromatic hydroxyl groups is 1. The van der Waals surface area contributed by atoms with Crippen LogP contribution in [0.1, 0.15) is 102 Å². The van der Waals surface area contributed by atoms with Crippen LogP contribution in [0, 0.1) is 46.6 Å². The van der Waals surface area contributed by atoms with Gasteiger partial charge in [0.25, 0.3) is 0 Å². The molecule has 43 heteroatoms. The molecule has 1 fully saturated rings. The first-order valence-corrected chi connectivity index (χ1v) is 66.6. The zero-order valence-corrected chi connectivity index (χ0v) is 94.7. The molecule has 678 valence electrons. The van der Waals surface area contributed by atoms with E-state index in [-0.39, 0.29) is 49.0 Å². The quantitative estimate of drug-likeness (QED) is 0.0553. The number of aldehydes is 2. The van der Waals surface area contributed by atoms with Gasteiger partial charge in [0.2, 0.25) is 11.6 Å². The number of ether oxygens (including phenoxy) is 4. The number of fused-ring (bicyclic) bond motifs is 10. The van der Waals surface area contributed by atoms with Crippen molar-refractivity contribution in [3.8, 4) is 49.0 Å². The standard InChI is InChI=1S/C21H13Cl2O2S4.C20H10Br2Cl2O2S4.C12H4Cl2O4S2.C12H4Cl2O2S2.C10H2Cl2O2S2.C7H8O.C3H5S2.3CH3.H2O.Sn/c1-9-4-6-13(27-9)24-18-15-12(22)8-26-20(15)19(25-14-7-5-10(2)28-14)16-17(23)11(3)29-21(16)18;1-7-3-5-9(27-7)25-15-11-13(23)19(21)30-18(11)16(26-10-6-4-8(2)28-10)12-14(24)20(22)29-17(12)15;13-3-1-19-9-5(3)7(11(15)16)10-6(4(14)2-20-10)8(9)12(17)18;13-7-3-18-12-6(2-16)10-8(14)4-17-11(10)5(1-15)9(7)12;11-3-1-15-9-5(3)7(13)10-6(8(9)14)4(12)2-16-10;1-6-2-4-7(8)5-3-6;1-2-5-3-4-1;;;;;/h4-7H,1-3H3;3-6H,1-2H3;1-2H,(H,15,16)(H,17,18);1-4H;1-2H;2-5,8H,1H3;3H,1-2H2;3*1H3;1H2;/q;;;;;;-1;;;;;. The van der Waals surface area contributed by atoms with Crippen LogP contribution in [-0.2, 0) is 0 Å². The second kappa shape index (κ2) is 43.3. The Morgan fingerprint density at radius 1 is 0.397 bits per heavy atom. The minimum atomic E-state index is -2.52. The smallest absolute Gasteiger partial charge is 0.337 e. The number of phenols is 1. The minimum Gasteiger partial charge on any atom is -0.478 e. The number of aromatic carboxylic acids is 2. The minimum absolute atomic E-state index is 0. The molecular weight excluding hydrogens is 2430 g/mol.